The van der Waals surface area contributed by atoms with Crippen LogP contribution in [0.15, 0.2) is 4.52 Å². The Bertz CT molecular complexity index is 404. The number of rotatable bonds is 2. The van der Waals surface area contributed by atoms with Gasteiger partial charge in [-0.2, -0.15) is 4.98 Å². The van der Waals surface area contributed by atoms with Crippen molar-refractivity contribution in [3.8, 4) is 0 Å². The molecule has 0 radical (unpaired) electrons. The summed E-state index contributed by atoms with van der Waals surface area (Å²) in [5, 5.41) is 3.84. The van der Waals surface area contributed by atoms with Gasteiger partial charge < -0.3 is 14.0 Å². The van der Waals surface area contributed by atoms with Gasteiger partial charge in [0.05, 0.1) is 19.3 Å². The molecule has 1 aromatic heterocycles. The molecule has 0 saturated carbocycles. The van der Waals surface area contributed by atoms with Gasteiger partial charge in [0.25, 0.3) is 0 Å². The molecule has 0 aliphatic carbocycles. The third-order valence-electron chi connectivity index (χ3n) is 3.82. The first-order valence-corrected chi connectivity index (χ1v) is 6.51. The van der Waals surface area contributed by atoms with Crippen molar-refractivity contribution in [3.63, 3.8) is 0 Å². The monoisotopic (exact) mass is 253 g/mol. The van der Waals surface area contributed by atoms with Crippen molar-refractivity contribution < 1.29 is 14.0 Å². The summed E-state index contributed by atoms with van der Waals surface area (Å²) in [6.07, 6.45) is 1.81. The number of piperidine rings is 1. The first-order valence-electron chi connectivity index (χ1n) is 6.51. The van der Waals surface area contributed by atoms with E-state index in [0.717, 1.165) is 39.1 Å². The smallest absolute Gasteiger partial charge is 0.243 e. The zero-order valence-electron chi connectivity index (χ0n) is 10.9. The molecular weight excluding hydrogens is 234 g/mol. The molecule has 6 nitrogen and oxygen atoms in total. The van der Waals surface area contributed by atoms with E-state index >= 15 is 0 Å². The summed E-state index contributed by atoms with van der Waals surface area (Å²) in [4.78, 5) is 6.63. The van der Waals surface area contributed by atoms with E-state index in [4.69, 9.17) is 14.0 Å². The molecule has 1 atom stereocenters. The SMILES string of the molecule is Cc1noc(C(C)N2CCC3(CC2)OCCO3)n1. The lowest BCUT2D eigenvalue weighted by Crippen LogP contribution is -2.45. The van der Waals surface area contributed by atoms with E-state index in [9.17, 15) is 0 Å². The van der Waals surface area contributed by atoms with Gasteiger partial charge in [-0.3, -0.25) is 4.90 Å². The van der Waals surface area contributed by atoms with Gasteiger partial charge >= 0.3 is 0 Å². The molecular formula is C12H19N3O3. The van der Waals surface area contributed by atoms with E-state index in [1.54, 1.807) is 0 Å². The summed E-state index contributed by atoms with van der Waals surface area (Å²) < 4.78 is 16.7. The molecule has 3 rings (SSSR count). The van der Waals surface area contributed by atoms with Crippen molar-refractivity contribution in [2.45, 2.75) is 38.5 Å². The lowest BCUT2D eigenvalue weighted by molar-refractivity contribution is -0.188. The summed E-state index contributed by atoms with van der Waals surface area (Å²) in [7, 11) is 0. The van der Waals surface area contributed by atoms with Crippen LogP contribution in [0.5, 0.6) is 0 Å². The Balaban J connectivity index is 1.62. The minimum Gasteiger partial charge on any atom is -0.347 e. The maximum absolute atomic E-state index is 5.72. The Morgan fingerprint density at radius 3 is 2.44 bits per heavy atom. The highest BCUT2D eigenvalue weighted by Gasteiger charge is 2.41. The third-order valence-corrected chi connectivity index (χ3v) is 3.82. The van der Waals surface area contributed by atoms with E-state index in [2.05, 4.69) is 22.0 Å². The van der Waals surface area contributed by atoms with Crippen LogP contribution in [0.4, 0.5) is 0 Å². The van der Waals surface area contributed by atoms with Crippen molar-refractivity contribution in [1.82, 2.24) is 15.0 Å². The molecule has 2 aliphatic heterocycles. The quantitative estimate of drug-likeness (QED) is 0.791. The van der Waals surface area contributed by atoms with Crippen LogP contribution in [-0.4, -0.2) is 47.1 Å². The van der Waals surface area contributed by atoms with Crippen LogP contribution in [-0.2, 0) is 9.47 Å². The fraction of sp³-hybridized carbons (Fsp3) is 0.833. The number of aryl methyl sites for hydroxylation is 1. The number of likely N-dealkylation sites (tertiary alicyclic amines) is 1. The second-order valence-corrected chi connectivity index (χ2v) is 5.00. The molecule has 3 heterocycles. The van der Waals surface area contributed by atoms with Crippen molar-refractivity contribution in [2.24, 2.45) is 0 Å². The van der Waals surface area contributed by atoms with Crippen LogP contribution < -0.4 is 0 Å². The summed E-state index contributed by atoms with van der Waals surface area (Å²) in [6, 6.07) is 0.157. The van der Waals surface area contributed by atoms with Gasteiger partial charge in [-0.05, 0) is 13.8 Å². The van der Waals surface area contributed by atoms with Crippen molar-refractivity contribution >= 4 is 0 Å². The Kier molecular flexibility index (Phi) is 3.09. The molecule has 1 unspecified atom stereocenters. The summed E-state index contributed by atoms with van der Waals surface area (Å²) in [5.41, 5.74) is 0. The maximum Gasteiger partial charge on any atom is 0.243 e. The van der Waals surface area contributed by atoms with Crippen molar-refractivity contribution in [3.05, 3.63) is 11.7 Å². The van der Waals surface area contributed by atoms with Crippen LogP contribution in [0.2, 0.25) is 0 Å². The third kappa shape index (κ3) is 2.15. The zero-order chi connectivity index (χ0) is 12.6. The highest BCUT2D eigenvalue weighted by atomic mass is 16.7. The van der Waals surface area contributed by atoms with Crippen LogP contribution in [0.1, 0.15) is 37.5 Å². The molecule has 0 amide bonds. The molecule has 2 fully saturated rings. The number of hydrogen-bond donors (Lipinski definition) is 0. The molecule has 0 bridgehead atoms. The normalized spacial score (nSPS) is 25.7. The highest BCUT2D eigenvalue weighted by Crippen LogP contribution is 2.34. The van der Waals surface area contributed by atoms with E-state index in [1.807, 2.05) is 6.92 Å². The minimum atomic E-state index is -0.318. The molecule has 2 saturated heterocycles. The molecule has 1 spiro atoms. The zero-order valence-corrected chi connectivity index (χ0v) is 10.9. The van der Waals surface area contributed by atoms with E-state index in [-0.39, 0.29) is 11.8 Å². The molecule has 100 valence electrons. The topological polar surface area (TPSA) is 60.6 Å². The fourth-order valence-corrected chi connectivity index (χ4v) is 2.68. The Morgan fingerprint density at radius 2 is 1.89 bits per heavy atom. The Labute approximate surface area is 106 Å². The van der Waals surface area contributed by atoms with E-state index in [1.165, 1.54) is 0 Å². The van der Waals surface area contributed by atoms with Gasteiger partial charge in [0.2, 0.25) is 5.89 Å². The highest BCUT2D eigenvalue weighted by molar-refractivity contribution is 4.93. The van der Waals surface area contributed by atoms with Crippen LogP contribution in [0, 0.1) is 6.92 Å². The predicted molar refractivity (Wildman–Crippen MR) is 62.9 cm³/mol. The fourth-order valence-electron chi connectivity index (χ4n) is 2.68. The molecule has 18 heavy (non-hydrogen) atoms. The first-order chi connectivity index (χ1) is 8.69. The summed E-state index contributed by atoms with van der Waals surface area (Å²) in [6.45, 7) is 7.24. The lowest BCUT2D eigenvalue weighted by atomic mass is 10.0. The molecule has 2 aliphatic rings. The van der Waals surface area contributed by atoms with E-state index < -0.39 is 0 Å². The van der Waals surface area contributed by atoms with E-state index in [0.29, 0.717) is 11.7 Å². The molecule has 6 heteroatoms. The number of aromatic nitrogens is 2. The summed E-state index contributed by atoms with van der Waals surface area (Å²) in [5.74, 6) is 1.06. The second kappa shape index (κ2) is 4.60. The standard InChI is InChI=1S/C12H19N3O3/c1-9(11-13-10(2)14-18-11)15-5-3-12(4-6-15)16-7-8-17-12/h9H,3-8H2,1-2H3. The Hall–Kier alpha value is -0.980. The van der Waals surface area contributed by atoms with Crippen LogP contribution in [0.3, 0.4) is 0 Å². The Morgan fingerprint density at radius 1 is 1.22 bits per heavy atom. The van der Waals surface area contributed by atoms with Gasteiger partial charge in [-0.15, -0.1) is 0 Å². The second-order valence-electron chi connectivity index (χ2n) is 5.00. The lowest BCUT2D eigenvalue weighted by Gasteiger charge is -2.39. The number of ether oxygens (including phenoxy) is 2. The molecule has 0 aromatic carbocycles. The number of hydrogen-bond acceptors (Lipinski definition) is 6. The minimum absolute atomic E-state index is 0.157. The average Bonchev–Trinajstić information content (AvgIpc) is 3.00. The van der Waals surface area contributed by atoms with Gasteiger partial charge in [0, 0.05) is 25.9 Å². The predicted octanol–water partition coefficient (Wildman–Crippen LogP) is 1.28. The first kappa shape index (κ1) is 12.1. The largest absolute Gasteiger partial charge is 0.347 e. The van der Waals surface area contributed by atoms with Gasteiger partial charge in [0.1, 0.15) is 0 Å². The molecule has 0 N–H and O–H groups in total. The maximum atomic E-state index is 5.72. The molecule has 1 aromatic rings. The van der Waals surface area contributed by atoms with Gasteiger partial charge in [-0.1, -0.05) is 5.16 Å². The van der Waals surface area contributed by atoms with Crippen LogP contribution >= 0.6 is 0 Å². The van der Waals surface area contributed by atoms with Crippen molar-refractivity contribution in [2.75, 3.05) is 26.3 Å². The van der Waals surface area contributed by atoms with Crippen LogP contribution in [0.25, 0.3) is 0 Å². The van der Waals surface area contributed by atoms with Crippen molar-refractivity contribution in [1.29, 1.82) is 0 Å². The number of nitrogens with zero attached hydrogens (tertiary/aromatic N) is 3. The van der Waals surface area contributed by atoms with Gasteiger partial charge in [0.15, 0.2) is 11.6 Å². The summed E-state index contributed by atoms with van der Waals surface area (Å²) >= 11 is 0. The average molecular weight is 253 g/mol. The van der Waals surface area contributed by atoms with Gasteiger partial charge in [-0.25, -0.2) is 0 Å².